The molecule has 232 valence electrons. The molecule has 2 aliphatic heterocycles. The van der Waals surface area contributed by atoms with Crippen LogP contribution in [0.3, 0.4) is 0 Å². The van der Waals surface area contributed by atoms with Crippen molar-refractivity contribution in [2.24, 2.45) is 46.3 Å². The molecule has 1 aromatic carbocycles. The molecule has 2 amide bonds. The number of hydrogen-bond donors (Lipinski definition) is 1. The molecule has 2 heterocycles. The van der Waals surface area contributed by atoms with Crippen LogP contribution in [0.4, 0.5) is 0 Å². The van der Waals surface area contributed by atoms with Gasteiger partial charge in [0.05, 0.1) is 25.9 Å². The highest BCUT2D eigenvalue weighted by Crippen LogP contribution is 2.60. The van der Waals surface area contributed by atoms with E-state index in [1.54, 1.807) is 4.90 Å². The molecule has 0 aromatic heterocycles. The standard InChI is InChI=1S/C36H48N2O5/c1-22(2)29-15-30-36(34(41)42-3,32(43-29)27-9-10-27)19-28(33(40)38(30)20-23-7-5-4-6-8-23)14-31(39)37-21-35-16-24-11-25(17-35)13-26(12-24)18-35/h4-8,15,22,24-29,32H,9-14,16-21H2,1-3H3,(H,37,39)/t24?,25?,26?,28-,29+,32+,35?,36+/m0/s1. The molecule has 7 nitrogen and oxygen atoms in total. The third kappa shape index (κ3) is 5.23. The summed E-state index contributed by atoms with van der Waals surface area (Å²) < 4.78 is 12.3. The van der Waals surface area contributed by atoms with E-state index in [9.17, 15) is 14.4 Å². The lowest BCUT2D eigenvalue weighted by Gasteiger charge is -2.57. The monoisotopic (exact) mass is 588 g/mol. The van der Waals surface area contributed by atoms with Crippen LogP contribution in [0.25, 0.3) is 0 Å². The number of benzene rings is 1. The van der Waals surface area contributed by atoms with Crippen LogP contribution in [0, 0.1) is 46.3 Å². The van der Waals surface area contributed by atoms with Gasteiger partial charge in [0.2, 0.25) is 11.8 Å². The molecule has 4 atom stereocenters. The number of ether oxygens (including phenoxy) is 2. The van der Waals surface area contributed by atoms with E-state index < -0.39 is 11.3 Å². The molecule has 43 heavy (non-hydrogen) atoms. The van der Waals surface area contributed by atoms with Gasteiger partial charge in [0.15, 0.2) is 0 Å². The average molecular weight is 589 g/mol. The third-order valence-corrected chi connectivity index (χ3v) is 11.7. The average Bonchev–Trinajstić information content (AvgIpc) is 3.83. The zero-order valence-electron chi connectivity index (χ0n) is 26.1. The van der Waals surface area contributed by atoms with Crippen molar-refractivity contribution in [1.82, 2.24) is 10.2 Å². The zero-order valence-corrected chi connectivity index (χ0v) is 26.1. The summed E-state index contributed by atoms with van der Waals surface area (Å²) >= 11 is 0. The number of nitrogens with zero attached hydrogens (tertiary/aromatic N) is 1. The van der Waals surface area contributed by atoms with Gasteiger partial charge >= 0.3 is 5.97 Å². The Balaban J connectivity index is 1.18. The Morgan fingerprint density at radius 2 is 1.67 bits per heavy atom. The predicted molar refractivity (Wildman–Crippen MR) is 162 cm³/mol. The van der Waals surface area contributed by atoms with Crippen molar-refractivity contribution in [3.63, 3.8) is 0 Å². The lowest BCUT2D eigenvalue weighted by molar-refractivity contribution is -0.182. The summed E-state index contributed by atoms with van der Waals surface area (Å²) in [7, 11) is 1.43. The number of rotatable bonds is 9. The van der Waals surface area contributed by atoms with Crippen LogP contribution in [-0.4, -0.2) is 48.5 Å². The normalized spacial score (nSPS) is 38.1. The maximum absolute atomic E-state index is 14.4. The van der Waals surface area contributed by atoms with Gasteiger partial charge in [-0.05, 0) is 104 Å². The van der Waals surface area contributed by atoms with Crippen molar-refractivity contribution in [3.05, 3.63) is 47.7 Å². The molecule has 7 heteroatoms. The molecule has 4 bridgehead atoms. The second kappa shape index (κ2) is 11.0. The van der Waals surface area contributed by atoms with E-state index in [1.165, 1.54) is 45.6 Å². The fourth-order valence-corrected chi connectivity index (χ4v) is 10.1. The number of likely N-dealkylation sites (tertiary alicyclic amines) is 1. The molecule has 1 aromatic rings. The molecule has 5 aliphatic carbocycles. The van der Waals surface area contributed by atoms with Crippen LogP contribution < -0.4 is 5.32 Å². The summed E-state index contributed by atoms with van der Waals surface area (Å²) in [5.74, 6) is 1.73. The van der Waals surface area contributed by atoms with Crippen molar-refractivity contribution in [2.45, 2.75) is 96.8 Å². The topological polar surface area (TPSA) is 84.9 Å². The van der Waals surface area contributed by atoms with Gasteiger partial charge in [-0.3, -0.25) is 14.4 Å². The van der Waals surface area contributed by atoms with E-state index in [0.29, 0.717) is 18.8 Å². The summed E-state index contributed by atoms with van der Waals surface area (Å²) in [4.78, 5) is 43.8. The van der Waals surface area contributed by atoms with Gasteiger partial charge in [0.1, 0.15) is 5.41 Å². The Bertz CT molecular complexity index is 1250. The SMILES string of the molecule is COC(=O)[C@]12C[C@H](CC(=O)NCC34CC5CC(CC(C5)C3)C4)C(=O)N(Cc3ccccc3)C1=C[C@H](C(C)C)O[C@@H]2C1CC1. The Morgan fingerprint density at radius 1 is 1.02 bits per heavy atom. The maximum atomic E-state index is 14.4. The molecule has 0 unspecified atom stereocenters. The number of esters is 1. The van der Waals surface area contributed by atoms with Gasteiger partial charge in [0, 0.05) is 24.6 Å². The Morgan fingerprint density at radius 3 is 2.26 bits per heavy atom. The first-order chi connectivity index (χ1) is 20.7. The van der Waals surface area contributed by atoms with E-state index in [-0.39, 0.29) is 60.1 Å². The van der Waals surface area contributed by atoms with Gasteiger partial charge in [-0.25, -0.2) is 0 Å². The first kappa shape index (κ1) is 29.1. The fraction of sp³-hybridized carbons (Fsp3) is 0.694. The van der Waals surface area contributed by atoms with E-state index in [2.05, 4.69) is 19.2 Å². The minimum absolute atomic E-state index is 0.0769. The largest absolute Gasteiger partial charge is 0.468 e. The fourth-order valence-electron chi connectivity index (χ4n) is 10.1. The summed E-state index contributed by atoms with van der Waals surface area (Å²) in [5, 5.41) is 3.30. The predicted octanol–water partition coefficient (Wildman–Crippen LogP) is 5.63. The van der Waals surface area contributed by atoms with E-state index in [0.717, 1.165) is 36.2 Å². The number of carbonyl (C=O) groups excluding carboxylic acids is 3. The van der Waals surface area contributed by atoms with Gasteiger partial charge < -0.3 is 19.7 Å². The smallest absolute Gasteiger partial charge is 0.320 e. The molecule has 0 radical (unpaired) electrons. The minimum atomic E-state index is -1.12. The summed E-state index contributed by atoms with van der Waals surface area (Å²) in [6.07, 6.45) is 11.5. The van der Waals surface area contributed by atoms with Gasteiger partial charge in [-0.2, -0.15) is 0 Å². The van der Waals surface area contributed by atoms with Crippen molar-refractivity contribution >= 4 is 17.8 Å². The van der Waals surface area contributed by atoms with Crippen LogP contribution in [-0.2, 0) is 30.4 Å². The van der Waals surface area contributed by atoms with Crippen LogP contribution in [0.1, 0.15) is 83.6 Å². The van der Waals surface area contributed by atoms with Crippen molar-refractivity contribution in [2.75, 3.05) is 13.7 Å². The Kier molecular flexibility index (Phi) is 7.47. The third-order valence-electron chi connectivity index (χ3n) is 11.7. The van der Waals surface area contributed by atoms with Gasteiger partial charge in [-0.1, -0.05) is 44.2 Å². The Labute approximate surface area is 256 Å². The number of amides is 2. The summed E-state index contributed by atoms with van der Waals surface area (Å²) in [5.41, 5.74) is 0.802. The number of methoxy groups -OCH3 is 1. The number of fused-ring (bicyclic) bond motifs is 1. The van der Waals surface area contributed by atoms with Gasteiger partial charge in [0.25, 0.3) is 0 Å². The lowest BCUT2D eigenvalue weighted by Crippen LogP contribution is -2.61. The van der Waals surface area contributed by atoms with Crippen LogP contribution in [0.15, 0.2) is 42.1 Å². The molecule has 1 saturated heterocycles. The van der Waals surface area contributed by atoms with E-state index in [4.69, 9.17) is 9.47 Å². The van der Waals surface area contributed by atoms with Gasteiger partial charge in [-0.15, -0.1) is 0 Å². The highest BCUT2D eigenvalue weighted by atomic mass is 16.5. The summed E-state index contributed by atoms with van der Waals surface area (Å²) in [6, 6.07) is 9.91. The molecule has 7 aliphatic rings. The summed E-state index contributed by atoms with van der Waals surface area (Å²) in [6.45, 7) is 5.28. The second-order valence-electron chi connectivity index (χ2n) is 15.3. The second-order valence-corrected chi connectivity index (χ2v) is 15.3. The first-order valence-electron chi connectivity index (χ1n) is 16.8. The number of piperidine rings is 1. The molecular formula is C36H48N2O5. The molecule has 8 rings (SSSR count). The Hall–Kier alpha value is -2.67. The highest BCUT2D eigenvalue weighted by Gasteiger charge is 2.64. The molecule has 0 spiro atoms. The molecule has 6 fully saturated rings. The van der Waals surface area contributed by atoms with Crippen LogP contribution in [0.2, 0.25) is 0 Å². The lowest BCUT2D eigenvalue weighted by atomic mass is 9.49. The van der Waals surface area contributed by atoms with Crippen LogP contribution >= 0.6 is 0 Å². The van der Waals surface area contributed by atoms with Crippen molar-refractivity contribution in [1.29, 1.82) is 0 Å². The molecule has 1 N–H and O–H groups in total. The van der Waals surface area contributed by atoms with Crippen molar-refractivity contribution < 1.29 is 23.9 Å². The number of hydrogen-bond acceptors (Lipinski definition) is 5. The first-order valence-corrected chi connectivity index (χ1v) is 16.8. The van der Waals surface area contributed by atoms with E-state index in [1.807, 2.05) is 36.4 Å². The minimum Gasteiger partial charge on any atom is -0.468 e. The quantitative estimate of drug-likeness (QED) is 0.378. The maximum Gasteiger partial charge on any atom is 0.320 e. The number of carbonyl (C=O) groups is 3. The molecular weight excluding hydrogens is 540 g/mol. The number of nitrogens with one attached hydrogen (secondary N) is 1. The zero-order chi connectivity index (χ0) is 29.9. The van der Waals surface area contributed by atoms with Crippen LogP contribution in [0.5, 0.6) is 0 Å². The highest BCUT2D eigenvalue weighted by molar-refractivity contribution is 5.92. The van der Waals surface area contributed by atoms with E-state index >= 15 is 0 Å². The van der Waals surface area contributed by atoms with Crippen molar-refractivity contribution in [3.8, 4) is 0 Å². The molecule has 5 saturated carbocycles.